The van der Waals surface area contributed by atoms with Gasteiger partial charge in [-0.25, -0.2) is 9.37 Å². The molecule has 0 aliphatic carbocycles. The van der Waals surface area contributed by atoms with E-state index in [0.29, 0.717) is 28.1 Å². The molecule has 7 heteroatoms. The van der Waals surface area contributed by atoms with Gasteiger partial charge in [-0.05, 0) is 28.4 Å². The molecule has 2 aromatic rings. The lowest BCUT2D eigenvalue weighted by Gasteiger charge is -2.07. The van der Waals surface area contributed by atoms with E-state index >= 15 is 0 Å². The molecule has 0 saturated heterocycles. The molecule has 0 radical (unpaired) electrons. The van der Waals surface area contributed by atoms with Crippen molar-refractivity contribution in [1.82, 2.24) is 9.55 Å². The molecular formula is C12H13BrClFN2OS. The molecule has 1 heterocycles. The van der Waals surface area contributed by atoms with E-state index in [0.717, 1.165) is 11.9 Å². The van der Waals surface area contributed by atoms with Crippen molar-refractivity contribution in [2.45, 2.75) is 18.8 Å². The number of aromatic nitrogens is 2. The summed E-state index contributed by atoms with van der Waals surface area (Å²) < 4.78 is 27.0. The standard InChI is InChI=1S/C12H13BrClFN2OS/c1-19(18)4-2-3-17-11-6-9(15)8(13)5-10(11)16-12(17)7-14/h5-6H,2-4,7H2,1H3. The summed E-state index contributed by atoms with van der Waals surface area (Å²) in [6.07, 6.45) is 2.42. The van der Waals surface area contributed by atoms with E-state index in [2.05, 4.69) is 20.9 Å². The van der Waals surface area contributed by atoms with Gasteiger partial charge in [0.25, 0.3) is 0 Å². The number of halogens is 3. The number of nitrogens with zero attached hydrogens (tertiary/aromatic N) is 2. The molecule has 3 nitrogen and oxygen atoms in total. The highest BCUT2D eigenvalue weighted by molar-refractivity contribution is 9.10. The maximum absolute atomic E-state index is 13.6. The van der Waals surface area contributed by atoms with Crippen molar-refractivity contribution in [2.75, 3.05) is 12.0 Å². The fourth-order valence-corrected chi connectivity index (χ4v) is 3.02. The Morgan fingerprint density at radius 2 is 2.26 bits per heavy atom. The van der Waals surface area contributed by atoms with Crippen LogP contribution in [0.2, 0.25) is 0 Å². The smallest absolute Gasteiger partial charge is 0.139 e. The van der Waals surface area contributed by atoms with Crippen molar-refractivity contribution in [3.8, 4) is 0 Å². The van der Waals surface area contributed by atoms with Gasteiger partial charge in [-0.3, -0.25) is 4.21 Å². The van der Waals surface area contributed by atoms with Crippen LogP contribution in [0.4, 0.5) is 4.39 Å². The van der Waals surface area contributed by atoms with E-state index in [9.17, 15) is 8.60 Å². The zero-order chi connectivity index (χ0) is 14.0. The highest BCUT2D eigenvalue weighted by atomic mass is 79.9. The van der Waals surface area contributed by atoms with Gasteiger partial charge in [0.15, 0.2) is 0 Å². The van der Waals surface area contributed by atoms with Gasteiger partial charge in [-0.2, -0.15) is 0 Å². The Morgan fingerprint density at radius 3 is 2.89 bits per heavy atom. The summed E-state index contributed by atoms with van der Waals surface area (Å²) in [5, 5.41) is 0. The fraction of sp³-hybridized carbons (Fsp3) is 0.417. The third-order valence-electron chi connectivity index (χ3n) is 2.80. The number of hydrogen-bond acceptors (Lipinski definition) is 2. The topological polar surface area (TPSA) is 34.9 Å². The Bertz CT molecular complexity index is 632. The second kappa shape index (κ2) is 6.33. The number of aryl methyl sites for hydroxylation is 1. The summed E-state index contributed by atoms with van der Waals surface area (Å²) >= 11 is 9.02. The Labute approximate surface area is 126 Å². The fourth-order valence-electron chi connectivity index (χ4n) is 1.95. The third-order valence-corrected chi connectivity index (χ3v) is 4.51. The molecule has 2 rings (SSSR count). The predicted molar refractivity (Wildman–Crippen MR) is 80.5 cm³/mol. The molecule has 104 valence electrons. The first-order valence-corrected chi connectivity index (χ1v) is 8.78. The first-order valence-electron chi connectivity index (χ1n) is 5.73. The van der Waals surface area contributed by atoms with Crippen LogP contribution in [0, 0.1) is 5.82 Å². The van der Waals surface area contributed by atoms with Crippen molar-refractivity contribution < 1.29 is 8.60 Å². The minimum Gasteiger partial charge on any atom is -0.327 e. The van der Waals surface area contributed by atoms with Crippen LogP contribution in [0.1, 0.15) is 12.2 Å². The number of alkyl halides is 1. The van der Waals surface area contributed by atoms with Crippen molar-refractivity contribution in [3.05, 3.63) is 28.2 Å². The summed E-state index contributed by atoms with van der Waals surface area (Å²) in [4.78, 5) is 4.39. The maximum Gasteiger partial charge on any atom is 0.139 e. The van der Waals surface area contributed by atoms with Crippen LogP contribution in [-0.4, -0.2) is 25.8 Å². The highest BCUT2D eigenvalue weighted by Gasteiger charge is 2.12. The largest absolute Gasteiger partial charge is 0.327 e. The molecule has 0 amide bonds. The number of fused-ring (bicyclic) bond motifs is 1. The van der Waals surface area contributed by atoms with Gasteiger partial charge < -0.3 is 4.57 Å². The van der Waals surface area contributed by atoms with E-state index in [1.54, 1.807) is 12.3 Å². The highest BCUT2D eigenvalue weighted by Crippen LogP contribution is 2.25. The Morgan fingerprint density at radius 1 is 1.53 bits per heavy atom. The number of hydrogen-bond donors (Lipinski definition) is 0. The monoisotopic (exact) mass is 366 g/mol. The molecule has 1 aromatic carbocycles. The minimum atomic E-state index is -0.826. The van der Waals surface area contributed by atoms with E-state index in [1.807, 2.05) is 4.57 Å². The van der Waals surface area contributed by atoms with Gasteiger partial charge in [-0.15, -0.1) is 11.6 Å². The molecule has 0 fully saturated rings. The van der Waals surface area contributed by atoms with Crippen LogP contribution in [-0.2, 0) is 23.2 Å². The first kappa shape index (κ1) is 14.9. The number of imidazole rings is 1. The lowest BCUT2D eigenvalue weighted by molar-refractivity contribution is 0.619. The van der Waals surface area contributed by atoms with Gasteiger partial charge in [0.1, 0.15) is 11.6 Å². The molecule has 19 heavy (non-hydrogen) atoms. The van der Waals surface area contributed by atoms with Crippen LogP contribution in [0.5, 0.6) is 0 Å². The van der Waals surface area contributed by atoms with E-state index < -0.39 is 10.8 Å². The molecule has 0 bridgehead atoms. The second-order valence-electron chi connectivity index (χ2n) is 4.20. The van der Waals surface area contributed by atoms with Gasteiger partial charge in [0.05, 0.1) is 21.4 Å². The van der Waals surface area contributed by atoms with Crippen molar-refractivity contribution in [1.29, 1.82) is 0 Å². The Kier molecular flexibility index (Phi) is 4.97. The van der Waals surface area contributed by atoms with Crippen LogP contribution in [0.3, 0.4) is 0 Å². The summed E-state index contributed by atoms with van der Waals surface area (Å²) in [7, 11) is -0.826. The Hall–Kier alpha value is -0.460. The molecule has 0 aliphatic heterocycles. The first-order chi connectivity index (χ1) is 9.02. The molecule has 1 unspecified atom stereocenters. The third kappa shape index (κ3) is 3.35. The molecule has 0 saturated carbocycles. The van der Waals surface area contributed by atoms with Gasteiger partial charge >= 0.3 is 0 Å². The van der Waals surface area contributed by atoms with Gasteiger partial charge in [0, 0.05) is 35.4 Å². The number of rotatable bonds is 5. The molecular weight excluding hydrogens is 355 g/mol. The normalized spacial score (nSPS) is 13.1. The van der Waals surface area contributed by atoms with Gasteiger partial charge in [0.2, 0.25) is 0 Å². The molecule has 0 aliphatic rings. The molecule has 0 spiro atoms. The zero-order valence-corrected chi connectivity index (χ0v) is 13.5. The van der Waals surface area contributed by atoms with Crippen LogP contribution < -0.4 is 0 Å². The lowest BCUT2D eigenvalue weighted by Crippen LogP contribution is -2.06. The summed E-state index contributed by atoms with van der Waals surface area (Å²) in [6, 6.07) is 3.10. The Balaban J connectivity index is 2.39. The van der Waals surface area contributed by atoms with Crippen molar-refractivity contribution >= 4 is 49.4 Å². The van der Waals surface area contributed by atoms with Gasteiger partial charge in [-0.1, -0.05) is 0 Å². The summed E-state index contributed by atoms with van der Waals surface area (Å²) in [5.41, 5.74) is 1.43. The second-order valence-corrected chi connectivity index (χ2v) is 6.88. The van der Waals surface area contributed by atoms with E-state index in [4.69, 9.17) is 11.6 Å². The molecule has 0 N–H and O–H groups in total. The average molecular weight is 368 g/mol. The predicted octanol–water partition coefficient (Wildman–Crippen LogP) is 3.45. The zero-order valence-electron chi connectivity index (χ0n) is 10.3. The number of benzene rings is 1. The van der Waals surface area contributed by atoms with E-state index in [-0.39, 0.29) is 11.7 Å². The van der Waals surface area contributed by atoms with E-state index in [1.165, 1.54) is 6.07 Å². The van der Waals surface area contributed by atoms with Crippen molar-refractivity contribution in [3.63, 3.8) is 0 Å². The van der Waals surface area contributed by atoms with Crippen LogP contribution >= 0.6 is 27.5 Å². The lowest BCUT2D eigenvalue weighted by atomic mass is 10.3. The minimum absolute atomic E-state index is 0.267. The molecule has 1 atom stereocenters. The van der Waals surface area contributed by atoms with Crippen molar-refractivity contribution in [2.24, 2.45) is 0 Å². The summed E-state index contributed by atoms with van der Waals surface area (Å²) in [6.45, 7) is 0.638. The SMILES string of the molecule is CS(=O)CCCn1c(CCl)nc2cc(Br)c(F)cc21. The maximum atomic E-state index is 13.6. The molecule has 1 aromatic heterocycles. The van der Waals surface area contributed by atoms with Crippen LogP contribution in [0.15, 0.2) is 16.6 Å². The summed E-state index contributed by atoms with van der Waals surface area (Å²) in [5.74, 6) is 1.26. The van der Waals surface area contributed by atoms with Crippen LogP contribution in [0.25, 0.3) is 11.0 Å². The quantitative estimate of drug-likeness (QED) is 0.759. The average Bonchev–Trinajstić information content (AvgIpc) is 2.67.